The van der Waals surface area contributed by atoms with E-state index in [1.165, 1.54) is 27.2 Å². The van der Waals surface area contributed by atoms with Gasteiger partial charge in [0, 0.05) is 51.0 Å². The highest BCUT2D eigenvalue weighted by molar-refractivity contribution is 7.89. The van der Waals surface area contributed by atoms with Crippen LogP contribution < -0.4 is 5.32 Å². The quantitative estimate of drug-likeness (QED) is 0.472. The molecule has 37 heavy (non-hydrogen) atoms. The Morgan fingerprint density at radius 2 is 1.68 bits per heavy atom. The molecule has 1 fully saturated rings. The lowest BCUT2D eigenvalue weighted by molar-refractivity contribution is 0.140. The average Bonchev–Trinajstić information content (AvgIpc) is 3.35. The van der Waals surface area contributed by atoms with Crippen molar-refractivity contribution in [3.63, 3.8) is 0 Å². The minimum Gasteiger partial charge on any atom is -0.322 e. The van der Waals surface area contributed by atoms with Crippen LogP contribution in [0.2, 0.25) is 0 Å². The Morgan fingerprint density at radius 3 is 2.30 bits per heavy atom. The lowest BCUT2D eigenvalue weighted by atomic mass is 10.3. The van der Waals surface area contributed by atoms with Crippen LogP contribution in [0.4, 0.5) is 19.3 Å². The molecule has 0 aliphatic carbocycles. The second-order valence-electron chi connectivity index (χ2n) is 8.41. The van der Waals surface area contributed by atoms with Gasteiger partial charge in [0.05, 0.1) is 17.1 Å². The summed E-state index contributed by atoms with van der Waals surface area (Å²) in [4.78, 5) is 16.6. The number of hydrogen-bond donors (Lipinski definition) is 1. The third-order valence-electron chi connectivity index (χ3n) is 6.16. The maximum atomic E-state index is 13.6. The van der Waals surface area contributed by atoms with Crippen LogP contribution in [0.25, 0.3) is 5.69 Å². The number of halogens is 2. The van der Waals surface area contributed by atoms with Crippen molar-refractivity contribution >= 4 is 21.7 Å². The number of hydrogen-bond acceptors (Lipinski definition) is 7. The molecule has 1 saturated heterocycles. The number of nitrogens with one attached hydrogen (secondary N) is 1. The Hall–Kier alpha value is -3.49. The molecule has 0 radical (unpaired) electrons. The Bertz CT molecular complexity index is 1340. The van der Waals surface area contributed by atoms with E-state index in [4.69, 9.17) is 0 Å². The largest absolute Gasteiger partial charge is 0.322 e. The molecule has 198 valence electrons. The van der Waals surface area contributed by atoms with E-state index >= 15 is 0 Å². The molecule has 0 saturated carbocycles. The number of tetrazole rings is 1. The van der Waals surface area contributed by atoms with E-state index in [-0.39, 0.29) is 10.9 Å². The number of rotatable bonds is 8. The minimum atomic E-state index is -3.57. The molecule has 1 N–H and O–H groups in total. The van der Waals surface area contributed by atoms with E-state index in [9.17, 15) is 22.0 Å². The molecular weight excluding hydrogens is 506 g/mol. The third-order valence-corrected chi connectivity index (χ3v) is 8.22. The zero-order valence-electron chi connectivity index (χ0n) is 20.5. The zero-order chi connectivity index (χ0) is 26.6. The summed E-state index contributed by atoms with van der Waals surface area (Å²) in [5.74, 6) is -1.48. The summed E-state index contributed by atoms with van der Waals surface area (Å²) in [5.41, 5.74) is 0.810. The molecular formula is C23H28F2N8O3S. The molecule has 0 atom stereocenters. The highest BCUT2D eigenvalue weighted by Crippen LogP contribution is 2.19. The van der Waals surface area contributed by atoms with Crippen molar-refractivity contribution in [1.29, 1.82) is 0 Å². The summed E-state index contributed by atoms with van der Waals surface area (Å²) in [6, 6.07) is 9.27. The molecule has 0 spiro atoms. The number of anilines is 1. The van der Waals surface area contributed by atoms with E-state index < -0.39 is 21.7 Å². The van der Waals surface area contributed by atoms with Crippen LogP contribution in [0.1, 0.15) is 19.7 Å². The first-order valence-electron chi connectivity index (χ1n) is 11.8. The molecule has 11 nitrogen and oxygen atoms in total. The van der Waals surface area contributed by atoms with Gasteiger partial charge in [0.25, 0.3) is 0 Å². The van der Waals surface area contributed by atoms with E-state index in [0.29, 0.717) is 63.0 Å². The summed E-state index contributed by atoms with van der Waals surface area (Å²) in [5, 5.41) is 14.3. The Balaban J connectivity index is 1.32. The fourth-order valence-electron chi connectivity index (χ4n) is 4.06. The summed E-state index contributed by atoms with van der Waals surface area (Å²) in [7, 11) is -3.57. The first kappa shape index (κ1) is 26.6. The van der Waals surface area contributed by atoms with Gasteiger partial charge < -0.3 is 10.2 Å². The van der Waals surface area contributed by atoms with Gasteiger partial charge in [-0.2, -0.15) is 8.99 Å². The van der Waals surface area contributed by atoms with Crippen LogP contribution >= 0.6 is 0 Å². The van der Waals surface area contributed by atoms with Crippen LogP contribution in [0.5, 0.6) is 0 Å². The Morgan fingerprint density at radius 1 is 1.00 bits per heavy atom. The smallest absolute Gasteiger partial charge is 0.321 e. The monoisotopic (exact) mass is 534 g/mol. The summed E-state index contributed by atoms with van der Waals surface area (Å²) in [6.07, 6.45) is 0. The third kappa shape index (κ3) is 5.92. The zero-order valence-corrected chi connectivity index (χ0v) is 21.3. The number of carbonyl (C=O) groups is 1. The van der Waals surface area contributed by atoms with Crippen LogP contribution in [0.3, 0.4) is 0 Å². The van der Waals surface area contributed by atoms with Crippen molar-refractivity contribution < 1.29 is 22.0 Å². The molecule has 0 bridgehead atoms. The summed E-state index contributed by atoms with van der Waals surface area (Å²) in [6.45, 7) is 6.70. The first-order valence-corrected chi connectivity index (χ1v) is 13.3. The van der Waals surface area contributed by atoms with Crippen molar-refractivity contribution in [2.75, 3.05) is 44.6 Å². The van der Waals surface area contributed by atoms with Gasteiger partial charge in [-0.05, 0) is 46.8 Å². The second-order valence-corrected chi connectivity index (χ2v) is 10.4. The van der Waals surface area contributed by atoms with Gasteiger partial charge in [-0.15, -0.1) is 5.10 Å². The second kappa shape index (κ2) is 11.3. The first-order chi connectivity index (χ1) is 17.7. The lowest BCUT2D eigenvalue weighted by Gasteiger charge is -2.34. The fourth-order valence-corrected chi connectivity index (χ4v) is 5.51. The SMILES string of the molecule is CCN(CC)S(=O)(=O)c1ccc(NC(=O)N2CCN(Cc3nnnn3-c3ccc(F)c(F)c3)CC2)cc1. The van der Waals surface area contributed by atoms with Gasteiger partial charge in [-0.3, -0.25) is 4.90 Å². The van der Waals surface area contributed by atoms with Gasteiger partial charge in [-0.1, -0.05) is 13.8 Å². The van der Waals surface area contributed by atoms with Gasteiger partial charge in [0.1, 0.15) is 0 Å². The van der Waals surface area contributed by atoms with E-state index in [2.05, 4.69) is 25.7 Å². The lowest BCUT2D eigenvalue weighted by Crippen LogP contribution is -2.49. The summed E-state index contributed by atoms with van der Waals surface area (Å²) < 4.78 is 54.9. The molecule has 1 aromatic heterocycles. The number of amides is 2. The molecule has 4 rings (SSSR count). The number of aromatic nitrogens is 4. The molecule has 2 amide bonds. The highest BCUT2D eigenvalue weighted by atomic mass is 32.2. The molecule has 1 aliphatic heterocycles. The maximum Gasteiger partial charge on any atom is 0.321 e. The van der Waals surface area contributed by atoms with E-state index in [1.807, 2.05) is 0 Å². The van der Waals surface area contributed by atoms with Crippen LogP contribution in [-0.2, 0) is 16.6 Å². The van der Waals surface area contributed by atoms with Crippen molar-refractivity contribution in [2.24, 2.45) is 0 Å². The highest BCUT2D eigenvalue weighted by Gasteiger charge is 2.24. The average molecular weight is 535 g/mol. The summed E-state index contributed by atoms with van der Waals surface area (Å²) >= 11 is 0. The molecule has 2 heterocycles. The van der Waals surface area contributed by atoms with Gasteiger partial charge >= 0.3 is 6.03 Å². The van der Waals surface area contributed by atoms with Crippen molar-refractivity contribution in [2.45, 2.75) is 25.3 Å². The molecule has 2 aromatic carbocycles. The van der Waals surface area contributed by atoms with Gasteiger partial charge in [-0.25, -0.2) is 22.0 Å². The van der Waals surface area contributed by atoms with Gasteiger partial charge in [0.2, 0.25) is 10.0 Å². The van der Waals surface area contributed by atoms with E-state index in [0.717, 1.165) is 12.1 Å². The van der Waals surface area contributed by atoms with Crippen molar-refractivity contribution in [3.8, 4) is 5.69 Å². The fraction of sp³-hybridized carbons (Fsp3) is 0.391. The number of piperazine rings is 1. The Kier molecular flexibility index (Phi) is 8.10. The van der Waals surface area contributed by atoms with Crippen LogP contribution in [0.15, 0.2) is 47.4 Å². The minimum absolute atomic E-state index is 0.175. The number of urea groups is 1. The molecule has 0 unspecified atom stereocenters. The number of carbonyl (C=O) groups excluding carboxylic acids is 1. The van der Waals surface area contributed by atoms with E-state index in [1.54, 1.807) is 30.9 Å². The topological polar surface area (TPSA) is 117 Å². The Labute approximate surface area is 213 Å². The van der Waals surface area contributed by atoms with Crippen LogP contribution in [-0.4, -0.2) is 88.0 Å². The predicted octanol–water partition coefficient (Wildman–Crippen LogP) is 2.32. The van der Waals surface area contributed by atoms with Crippen LogP contribution in [0, 0.1) is 11.6 Å². The molecule has 14 heteroatoms. The molecule has 1 aliphatic rings. The van der Waals surface area contributed by atoms with Gasteiger partial charge in [0.15, 0.2) is 17.5 Å². The molecule has 3 aromatic rings. The van der Waals surface area contributed by atoms with Crippen molar-refractivity contribution in [1.82, 2.24) is 34.3 Å². The maximum absolute atomic E-state index is 13.6. The number of nitrogens with zero attached hydrogens (tertiary/aromatic N) is 7. The number of sulfonamides is 1. The normalized spacial score (nSPS) is 14.8. The number of benzene rings is 2. The van der Waals surface area contributed by atoms with Crippen molar-refractivity contribution in [3.05, 3.63) is 59.9 Å². The predicted molar refractivity (Wildman–Crippen MR) is 131 cm³/mol. The standard InChI is InChI=1S/C23H28F2N8O3S/c1-3-32(4-2)37(35,36)19-8-5-17(6-9-19)26-23(34)31-13-11-30(12-14-31)16-22-27-28-29-33(22)18-7-10-20(24)21(25)15-18/h5-10,15H,3-4,11-14,16H2,1-2H3,(H,26,34).